The SMILES string of the molecule is C=CCN1CCOC2CN(C(=O)c3cc(OC)no3)CCC2C1. The van der Waals surface area contributed by atoms with Crippen LogP contribution in [0.15, 0.2) is 23.2 Å². The fraction of sp³-hybridized carbons (Fsp3) is 0.625. The molecule has 2 atom stereocenters. The van der Waals surface area contributed by atoms with Crippen molar-refractivity contribution < 1.29 is 18.8 Å². The van der Waals surface area contributed by atoms with Gasteiger partial charge in [0.05, 0.1) is 25.9 Å². The summed E-state index contributed by atoms with van der Waals surface area (Å²) in [6.07, 6.45) is 2.93. The van der Waals surface area contributed by atoms with E-state index in [4.69, 9.17) is 14.0 Å². The molecule has 0 aromatic carbocycles. The van der Waals surface area contributed by atoms with Crippen LogP contribution in [0.1, 0.15) is 17.0 Å². The molecule has 3 heterocycles. The molecule has 0 bridgehead atoms. The minimum atomic E-state index is -0.157. The van der Waals surface area contributed by atoms with Crippen molar-refractivity contribution >= 4 is 5.91 Å². The van der Waals surface area contributed by atoms with E-state index in [-0.39, 0.29) is 17.8 Å². The molecule has 2 fully saturated rings. The van der Waals surface area contributed by atoms with E-state index in [0.29, 0.717) is 31.5 Å². The standard InChI is InChI=1S/C16H23N3O4/c1-3-5-18-7-8-22-14-11-19(6-4-12(14)10-18)16(20)13-9-15(21-2)17-23-13/h3,9,12,14H,1,4-8,10-11H2,2H3. The monoisotopic (exact) mass is 321 g/mol. The Labute approximate surface area is 135 Å². The maximum atomic E-state index is 12.5. The highest BCUT2D eigenvalue weighted by Crippen LogP contribution is 2.25. The zero-order chi connectivity index (χ0) is 16.2. The summed E-state index contributed by atoms with van der Waals surface area (Å²) < 4.78 is 16.0. The smallest absolute Gasteiger partial charge is 0.292 e. The van der Waals surface area contributed by atoms with Crippen LogP contribution in [-0.2, 0) is 4.74 Å². The van der Waals surface area contributed by atoms with E-state index in [0.717, 1.165) is 26.1 Å². The van der Waals surface area contributed by atoms with E-state index < -0.39 is 0 Å². The van der Waals surface area contributed by atoms with Crippen molar-refractivity contribution in [3.63, 3.8) is 0 Å². The summed E-state index contributed by atoms with van der Waals surface area (Å²) in [5.74, 6) is 0.817. The molecular weight excluding hydrogens is 298 g/mol. The summed E-state index contributed by atoms with van der Waals surface area (Å²) in [4.78, 5) is 16.7. The molecule has 1 aromatic heterocycles. The second-order valence-electron chi connectivity index (χ2n) is 5.99. The Morgan fingerprint density at radius 1 is 1.52 bits per heavy atom. The fourth-order valence-electron chi connectivity index (χ4n) is 3.26. The van der Waals surface area contributed by atoms with Crippen LogP contribution in [0.2, 0.25) is 0 Å². The van der Waals surface area contributed by atoms with Gasteiger partial charge in [-0.15, -0.1) is 6.58 Å². The highest BCUT2D eigenvalue weighted by molar-refractivity contribution is 5.91. The Kier molecular flexibility index (Phi) is 4.97. The van der Waals surface area contributed by atoms with E-state index in [2.05, 4.69) is 16.6 Å². The lowest BCUT2D eigenvalue weighted by molar-refractivity contribution is -0.0180. The third kappa shape index (κ3) is 3.56. The second kappa shape index (κ2) is 7.14. The third-order valence-corrected chi connectivity index (χ3v) is 4.51. The number of carbonyl (C=O) groups excluding carboxylic acids is 1. The maximum absolute atomic E-state index is 12.5. The minimum absolute atomic E-state index is 0.0762. The number of aromatic nitrogens is 1. The average molecular weight is 321 g/mol. The second-order valence-corrected chi connectivity index (χ2v) is 5.99. The van der Waals surface area contributed by atoms with Gasteiger partial charge in [0.25, 0.3) is 11.8 Å². The Balaban J connectivity index is 1.63. The molecule has 0 spiro atoms. The molecule has 2 saturated heterocycles. The van der Waals surface area contributed by atoms with Crippen LogP contribution in [0.5, 0.6) is 5.88 Å². The number of methoxy groups -OCH3 is 1. The highest BCUT2D eigenvalue weighted by Gasteiger charge is 2.36. The van der Waals surface area contributed by atoms with Crippen molar-refractivity contribution in [1.82, 2.24) is 15.0 Å². The average Bonchev–Trinajstić information content (AvgIpc) is 2.95. The number of likely N-dealkylation sites (tertiary alicyclic amines) is 1. The first-order valence-corrected chi connectivity index (χ1v) is 7.96. The molecule has 126 valence electrons. The van der Waals surface area contributed by atoms with E-state index in [1.54, 1.807) is 4.90 Å². The first-order chi connectivity index (χ1) is 11.2. The van der Waals surface area contributed by atoms with Gasteiger partial charge < -0.3 is 18.9 Å². The number of nitrogens with zero attached hydrogens (tertiary/aromatic N) is 3. The molecule has 0 radical (unpaired) electrons. The van der Waals surface area contributed by atoms with Gasteiger partial charge in [-0.1, -0.05) is 6.08 Å². The van der Waals surface area contributed by atoms with Crippen LogP contribution in [0.3, 0.4) is 0 Å². The zero-order valence-corrected chi connectivity index (χ0v) is 13.4. The quantitative estimate of drug-likeness (QED) is 0.772. The van der Waals surface area contributed by atoms with Crippen molar-refractivity contribution in [3.8, 4) is 5.88 Å². The number of amides is 1. The molecular formula is C16H23N3O4. The number of carbonyl (C=O) groups is 1. The molecule has 7 heteroatoms. The number of ether oxygens (including phenoxy) is 2. The van der Waals surface area contributed by atoms with Gasteiger partial charge in [-0.2, -0.15) is 0 Å². The van der Waals surface area contributed by atoms with Gasteiger partial charge in [0.2, 0.25) is 5.76 Å². The van der Waals surface area contributed by atoms with Gasteiger partial charge in [-0.25, -0.2) is 0 Å². The van der Waals surface area contributed by atoms with Crippen LogP contribution in [0.25, 0.3) is 0 Å². The summed E-state index contributed by atoms with van der Waals surface area (Å²) in [6, 6.07) is 1.52. The van der Waals surface area contributed by atoms with Gasteiger partial charge in [0.1, 0.15) is 0 Å². The lowest BCUT2D eigenvalue weighted by atomic mass is 9.93. The van der Waals surface area contributed by atoms with Gasteiger partial charge in [-0.05, 0) is 11.6 Å². The predicted molar refractivity (Wildman–Crippen MR) is 83.4 cm³/mol. The molecule has 3 rings (SSSR count). The van der Waals surface area contributed by atoms with Gasteiger partial charge >= 0.3 is 0 Å². The molecule has 23 heavy (non-hydrogen) atoms. The number of piperidine rings is 1. The molecule has 7 nitrogen and oxygen atoms in total. The van der Waals surface area contributed by atoms with Crippen molar-refractivity contribution in [2.45, 2.75) is 12.5 Å². The zero-order valence-electron chi connectivity index (χ0n) is 13.4. The van der Waals surface area contributed by atoms with E-state index >= 15 is 0 Å². The largest absolute Gasteiger partial charge is 0.479 e. The van der Waals surface area contributed by atoms with E-state index in [1.807, 2.05) is 6.08 Å². The lowest BCUT2D eigenvalue weighted by Crippen LogP contribution is -2.49. The number of hydrogen-bond donors (Lipinski definition) is 0. The summed E-state index contributed by atoms with van der Waals surface area (Å²) in [5.41, 5.74) is 0. The molecule has 2 aliphatic heterocycles. The molecule has 0 N–H and O–H groups in total. The molecule has 1 amide bonds. The van der Waals surface area contributed by atoms with Crippen molar-refractivity contribution in [2.75, 3.05) is 46.4 Å². The van der Waals surface area contributed by atoms with Gasteiger partial charge in [0.15, 0.2) is 0 Å². The molecule has 1 aromatic rings. The molecule has 0 aliphatic carbocycles. The van der Waals surface area contributed by atoms with Crippen LogP contribution >= 0.6 is 0 Å². The van der Waals surface area contributed by atoms with E-state index in [1.165, 1.54) is 13.2 Å². The van der Waals surface area contributed by atoms with Crippen molar-refractivity contribution in [2.24, 2.45) is 5.92 Å². The predicted octanol–water partition coefficient (Wildman–Crippen LogP) is 1.03. The molecule has 2 aliphatic rings. The lowest BCUT2D eigenvalue weighted by Gasteiger charge is -2.37. The topological polar surface area (TPSA) is 68.0 Å². The molecule has 0 saturated carbocycles. The van der Waals surface area contributed by atoms with Crippen LogP contribution in [-0.4, -0.2) is 73.4 Å². The summed E-state index contributed by atoms with van der Waals surface area (Å²) in [6.45, 7) is 8.57. The molecule has 2 unspecified atom stereocenters. The summed E-state index contributed by atoms with van der Waals surface area (Å²) in [7, 11) is 1.49. The maximum Gasteiger partial charge on any atom is 0.292 e. The highest BCUT2D eigenvalue weighted by atomic mass is 16.5. The Hall–Kier alpha value is -1.86. The van der Waals surface area contributed by atoms with Gasteiger partial charge in [-0.3, -0.25) is 9.69 Å². The summed E-state index contributed by atoms with van der Waals surface area (Å²) >= 11 is 0. The number of rotatable bonds is 4. The fourth-order valence-corrected chi connectivity index (χ4v) is 3.26. The minimum Gasteiger partial charge on any atom is -0.479 e. The Bertz CT molecular complexity index is 559. The van der Waals surface area contributed by atoms with Crippen LogP contribution in [0.4, 0.5) is 0 Å². The Morgan fingerprint density at radius 3 is 3.13 bits per heavy atom. The van der Waals surface area contributed by atoms with Crippen LogP contribution < -0.4 is 4.74 Å². The van der Waals surface area contributed by atoms with Crippen LogP contribution in [0, 0.1) is 5.92 Å². The number of fused-ring (bicyclic) bond motifs is 1. The first-order valence-electron chi connectivity index (χ1n) is 7.96. The summed E-state index contributed by atoms with van der Waals surface area (Å²) in [5, 5.41) is 3.69. The number of hydrogen-bond acceptors (Lipinski definition) is 6. The normalized spacial score (nSPS) is 25.5. The Morgan fingerprint density at radius 2 is 2.39 bits per heavy atom. The first kappa shape index (κ1) is 16.0. The van der Waals surface area contributed by atoms with Gasteiger partial charge in [0, 0.05) is 38.6 Å². The van der Waals surface area contributed by atoms with Crippen molar-refractivity contribution in [3.05, 3.63) is 24.5 Å². The van der Waals surface area contributed by atoms with Crippen molar-refractivity contribution in [1.29, 1.82) is 0 Å². The third-order valence-electron chi connectivity index (χ3n) is 4.51. The van der Waals surface area contributed by atoms with E-state index in [9.17, 15) is 4.79 Å².